The summed E-state index contributed by atoms with van der Waals surface area (Å²) in [4.78, 5) is 11.7. The van der Waals surface area contributed by atoms with E-state index in [-0.39, 0.29) is 17.7 Å². The van der Waals surface area contributed by atoms with E-state index in [2.05, 4.69) is 15.9 Å². The molecule has 24 heavy (non-hydrogen) atoms. The van der Waals surface area contributed by atoms with Gasteiger partial charge in [-0.1, -0.05) is 28.1 Å². The second-order valence-electron chi connectivity index (χ2n) is 4.90. The lowest BCUT2D eigenvalue weighted by Crippen LogP contribution is -2.05. The van der Waals surface area contributed by atoms with Crippen molar-refractivity contribution in [1.29, 1.82) is 0 Å². The third-order valence-electron chi connectivity index (χ3n) is 3.28. The second kappa shape index (κ2) is 7.70. The quantitative estimate of drug-likeness (QED) is 0.510. The third kappa shape index (κ3) is 4.50. The molecule has 0 amide bonds. The van der Waals surface area contributed by atoms with Gasteiger partial charge in [-0.3, -0.25) is 4.79 Å². The average molecular weight is 403 g/mol. The number of ketones is 1. The van der Waals surface area contributed by atoms with Crippen molar-refractivity contribution >= 4 is 21.7 Å². The smallest absolute Gasteiger partial charge is 0.416 e. The van der Waals surface area contributed by atoms with Gasteiger partial charge in [0.1, 0.15) is 18.1 Å². The summed E-state index contributed by atoms with van der Waals surface area (Å²) in [5, 5.41) is 0.176. The van der Waals surface area contributed by atoms with E-state index in [0.29, 0.717) is 22.6 Å². The Morgan fingerprint density at radius 1 is 1.12 bits per heavy atom. The monoisotopic (exact) mass is 402 g/mol. The summed E-state index contributed by atoms with van der Waals surface area (Å²) in [5.74, 6) is 0.711. The Balaban J connectivity index is 2.08. The predicted octanol–water partition coefficient (Wildman–Crippen LogP) is 4.87. The number of methoxy groups -OCH3 is 1. The van der Waals surface area contributed by atoms with Crippen molar-refractivity contribution in [2.75, 3.05) is 12.4 Å². The van der Waals surface area contributed by atoms with Crippen LogP contribution in [0.1, 0.15) is 21.5 Å². The van der Waals surface area contributed by atoms with E-state index in [1.54, 1.807) is 18.2 Å². The van der Waals surface area contributed by atoms with E-state index in [1.165, 1.54) is 19.2 Å². The zero-order valence-corrected chi connectivity index (χ0v) is 14.3. The highest BCUT2D eigenvalue weighted by atomic mass is 79.9. The van der Waals surface area contributed by atoms with Crippen LogP contribution in [-0.2, 0) is 12.8 Å². The van der Waals surface area contributed by atoms with Crippen LogP contribution >= 0.6 is 15.9 Å². The van der Waals surface area contributed by atoms with Crippen LogP contribution in [0.15, 0.2) is 42.5 Å². The van der Waals surface area contributed by atoms with Crippen LogP contribution in [0.25, 0.3) is 0 Å². The first-order valence-electron chi connectivity index (χ1n) is 6.91. The van der Waals surface area contributed by atoms with Crippen LogP contribution < -0.4 is 9.47 Å². The molecule has 3 nitrogen and oxygen atoms in total. The van der Waals surface area contributed by atoms with Crippen LogP contribution in [0.3, 0.4) is 0 Å². The summed E-state index contributed by atoms with van der Waals surface area (Å²) in [6, 6.07) is 9.52. The topological polar surface area (TPSA) is 35.5 Å². The lowest BCUT2D eigenvalue weighted by Gasteiger charge is -2.11. The lowest BCUT2D eigenvalue weighted by molar-refractivity contribution is -0.137. The summed E-state index contributed by atoms with van der Waals surface area (Å²) in [6.45, 7) is 0.104. The maximum Gasteiger partial charge on any atom is 0.416 e. The standard InChI is InChI=1S/C17H14BrF3O3/c1-23-16-8-13(6-7-14(16)15(22)9-18)24-10-11-2-4-12(5-3-11)17(19,20)21/h2-8H,9-10H2,1H3. The number of ether oxygens (including phenoxy) is 2. The molecule has 0 fully saturated rings. The molecular weight excluding hydrogens is 389 g/mol. The summed E-state index contributed by atoms with van der Waals surface area (Å²) in [7, 11) is 1.44. The van der Waals surface area contributed by atoms with Crippen LogP contribution in [-0.4, -0.2) is 18.2 Å². The first-order chi connectivity index (χ1) is 11.3. The average Bonchev–Trinajstić information content (AvgIpc) is 2.58. The van der Waals surface area contributed by atoms with Gasteiger partial charge in [0.25, 0.3) is 0 Å². The van der Waals surface area contributed by atoms with E-state index in [9.17, 15) is 18.0 Å². The van der Waals surface area contributed by atoms with Gasteiger partial charge in [-0.05, 0) is 29.8 Å². The predicted molar refractivity (Wildman–Crippen MR) is 86.9 cm³/mol. The van der Waals surface area contributed by atoms with Crippen molar-refractivity contribution in [1.82, 2.24) is 0 Å². The van der Waals surface area contributed by atoms with Crippen molar-refractivity contribution < 1.29 is 27.4 Å². The van der Waals surface area contributed by atoms with Gasteiger partial charge in [0.05, 0.1) is 23.6 Å². The van der Waals surface area contributed by atoms with E-state index < -0.39 is 11.7 Å². The number of halogens is 4. The number of benzene rings is 2. The fourth-order valence-corrected chi connectivity index (χ4v) is 2.32. The zero-order chi connectivity index (χ0) is 17.7. The van der Waals surface area contributed by atoms with Crippen LogP contribution in [0.2, 0.25) is 0 Å². The molecule has 2 rings (SSSR count). The van der Waals surface area contributed by atoms with Crippen LogP contribution in [0, 0.1) is 0 Å². The number of alkyl halides is 4. The minimum Gasteiger partial charge on any atom is -0.496 e. The van der Waals surface area contributed by atoms with Crippen molar-refractivity contribution in [2.45, 2.75) is 12.8 Å². The molecule has 2 aromatic rings. The summed E-state index contributed by atoms with van der Waals surface area (Å²) >= 11 is 3.10. The van der Waals surface area contributed by atoms with Crippen molar-refractivity contribution in [2.24, 2.45) is 0 Å². The molecule has 0 aliphatic carbocycles. The van der Waals surface area contributed by atoms with Gasteiger partial charge in [0.15, 0.2) is 5.78 Å². The van der Waals surface area contributed by atoms with E-state index in [4.69, 9.17) is 9.47 Å². The molecule has 0 spiro atoms. The second-order valence-corrected chi connectivity index (χ2v) is 5.46. The molecule has 0 atom stereocenters. The number of carbonyl (C=O) groups is 1. The molecule has 2 aromatic carbocycles. The van der Waals surface area contributed by atoms with Crippen molar-refractivity contribution in [3.05, 3.63) is 59.2 Å². The summed E-state index contributed by atoms with van der Waals surface area (Å²) in [5.41, 5.74) is 0.324. The van der Waals surface area contributed by atoms with Gasteiger partial charge >= 0.3 is 6.18 Å². The molecule has 0 aliphatic heterocycles. The lowest BCUT2D eigenvalue weighted by atomic mass is 10.1. The molecular formula is C17H14BrF3O3. The van der Waals surface area contributed by atoms with Gasteiger partial charge in [-0.15, -0.1) is 0 Å². The normalized spacial score (nSPS) is 11.2. The van der Waals surface area contributed by atoms with E-state index in [0.717, 1.165) is 12.1 Å². The molecule has 0 N–H and O–H groups in total. The van der Waals surface area contributed by atoms with Crippen LogP contribution in [0.4, 0.5) is 13.2 Å². The molecule has 128 valence electrons. The Hall–Kier alpha value is -2.02. The van der Waals surface area contributed by atoms with Crippen molar-refractivity contribution in [3.63, 3.8) is 0 Å². The van der Waals surface area contributed by atoms with Gasteiger partial charge < -0.3 is 9.47 Å². The molecule has 0 saturated carbocycles. The highest BCUT2D eigenvalue weighted by Gasteiger charge is 2.29. The fourth-order valence-electron chi connectivity index (χ4n) is 2.02. The Labute approximate surface area is 145 Å². The maximum absolute atomic E-state index is 12.5. The first kappa shape index (κ1) is 18.3. The molecule has 0 unspecified atom stereocenters. The van der Waals surface area contributed by atoms with E-state index >= 15 is 0 Å². The molecule has 7 heteroatoms. The Bertz CT molecular complexity index is 712. The number of Topliss-reactive ketones (excluding diaryl/α,β-unsaturated/α-hetero) is 1. The molecule has 0 radical (unpaired) electrons. The molecule has 0 aromatic heterocycles. The number of rotatable bonds is 6. The van der Waals surface area contributed by atoms with Gasteiger partial charge in [0.2, 0.25) is 0 Å². The minimum atomic E-state index is -4.36. The minimum absolute atomic E-state index is 0.104. The highest BCUT2D eigenvalue weighted by Crippen LogP contribution is 2.30. The fraction of sp³-hybridized carbons (Fsp3) is 0.235. The number of hydrogen-bond donors (Lipinski definition) is 0. The van der Waals surface area contributed by atoms with Gasteiger partial charge in [-0.2, -0.15) is 13.2 Å². The van der Waals surface area contributed by atoms with E-state index in [1.807, 2.05) is 0 Å². The Morgan fingerprint density at radius 2 is 1.79 bits per heavy atom. The zero-order valence-electron chi connectivity index (χ0n) is 12.7. The maximum atomic E-state index is 12.5. The molecule has 0 heterocycles. The SMILES string of the molecule is COc1cc(OCc2ccc(C(F)(F)F)cc2)ccc1C(=O)CBr. The highest BCUT2D eigenvalue weighted by molar-refractivity contribution is 9.09. The number of hydrogen-bond acceptors (Lipinski definition) is 3. The largest absolute Gasteiger partial charge is 0.496 e. The van der Waals surface area contributed by atoms with Crippen LogP contribution in [0.5, 0.6) is 11.5 Å². The molecule has 0 aliphatic rings. The number of carbonyl (C=O) groups excluding carboxylic acids is 1. The molecule has 0 saturated heterocycles. The third-order valence-corrected chi connectivity index (χ3v) is 3.79. The summed E-state index contributed by atoms with van der Waals surface area (Å²) in [6.07, 6.45) is -4.36. The van der Waals surface area contributed by atoms with Crippen molar-refractivity contribution in [3.8, 4) is 11.5 Å². The Morgan fingerprint density at radius 3 is 2.33 bits per heavy atom. The molecule has 0 bridgehead atoms. The summed E-state index contributed by atoms with van der Waals surface area (Å²) < 4.78 is 48.2. The van der Waals surface area contributed by atoms with Gasteiger partial charge in [-0.25, -0.2) is 0 Å². The van der Waals surface area contributed by atoms with Gasteiger partial charge in [0, 0.05) is 6.07 Å². The Kier molecular flexibility index (Phi) is 5.88. The first-order valence-corrected chi connectivity index (χ1v) is 8.03.